The number of pyridine rings is 1. The molecule has 4 rings (SSSR count). The first-order valence-corrected chi connectivity index (χ1v) is 11.6. The van der Waals surface area contributed by atoms with Crippen molar-refractivity contribution in [1.82, 2.24) is 25.4 Å². The number of carbonyl (C=O) groups is 3. The Morgan fingerprint density at radius 1 is 1.12 bits per heavy atom. The SMILES string of the molecule is CC(C)n1ncc2c(C(=O)OCC(=O)NC(=O)NC3CCCCC3)cc(-c3ccccc3)nc21. The molecule has 3 aromatic rings. The topological polar surface area (TPSA) is 115 Å². The standard InChI is InChI=1S/C25H29N5O4/c1-16(2)30-23-20(14-26-30)19(13-21(28-23)17-9-5-3-6-10-17)24(32)34-15-22(31)29-25(33)27-18-11-7-4-8-12-18/h3,5-6,9-10,13-14,16,18H,4,7-8,11-12,15H2,1-2H3,(H2,27,29,31,33). The molecule has 1 aromatic carbocycles. The molecule has 1 aliphatic carbocycles. The molecule has 0 saturated heterocycles. The fourth-order valence-electron chi connectivity index (χ4n) is 4.16. The average molecular weight is 464 g/mol. The Hall–Kier alpha value is -3.75. The van der Waals surface area contributed by atoms with E-state index in [1.807, 2.05) is 44.2 Å². The largest absolute Gasteiger partial charge is 0.452 e. The second-order valence-electron chi connectivity index (χ2n) is 8.77. The molecule has 0 radical (unpaired) electrons. The second-order valence-corrected chi connectivity index (χ2v) is 8.77. The monoisotopic (exact) mass is 463 g/mol. The smallest absolute Gasteiger partial charge is 0.339 e. The van der Waals surface area contributed by atoms with Crippen LogP contribution in [-0.4, -0.2) is 45.3 Å². The highest BCUT2D eigenvalue weighted by atomic mass is 16.5. The van der Waals surface area contributed by atoms with Crippen molar-refractivity contribution < 1.29 is 19.1 Å². The van der Waals surface area contributed by atoms with E-state index in [2.05, 4.69) is 15.7 Å². The Balaban J connectivity index is 1.48. The molecule has 3 amide bonds. The van der Waals surface area contributed by atoms with Crippen molar-refractivity contribution in [1.29, 1.82) is 0 Å². The minimum absolute atomic E-state index is 0.0355. The number of nitrogens with zero attached hydrogens (tertiary/aromatic N) is 3. The second kappa shape index (κ2) is 10.5. The van der Waals surface area contributed by atoms with E-state index < -0.39 is 24.5 Å². The third-order valence-electron chi connectivity index (χ3n) is 5.87. The molecule has 0 bridgehead atoms. The normalized spacial score (nSPS) is 14.2. The summed E-state index contributed by atoms with van der Waals surface area (Å²) >= 11 is 0. The van der Waals surface area contributed by atoms with Crippen LogP contribution >= 0.6 is 0 Å². The van der Waals surface area contributed by atoms with Crippen molar-refractivity contribution in [2.75, 3.05) is 6.61 Å². The van der Waals surface area contributed by atoms with Gasteiger partial charge in [0, 0.05) is 17.6 Å². The number of ether oxygens (including phenoxy) is 1. The lowest BCUT2D eigenvalue weighted by Gasteiger charge is -2.22. The van der Waals surface area contributed by atoms with Crippen molar-refractivity contribution in [2.45, 2.75) is 58.0 Å². The number of rotatable bonds is 6. The van der Waals surface area contributed by atoms with Gasteiger partial charge < -0.3 is 10.1 Å². The minimum atomic E-state index is -0.687. The fraction of sp³-hybridized carbons (Fsp3) is 0.400. The Morgan fingerprint density at radius 2 is 1.85 bits per heavy atom. The summed E-state index contributed by atoms with van der Waals surface area (Å²) in [6, 6.07) is 10.7. The van der Waals surface area contributed by atoms with E-state index in [0.29, 0.717) is 16.7 Å². The van der Waals surface area contributed by atoms with Gasteiger partial charge in [0.25, 0.3) is 5.91 Å². The third-order valence-corrected chi connectivity index (χ3v) is 5.87. The molecule has 1 saturated carbocycles. The predicted molar refractivity (Wildman–Crippen MR) is 127 cm³/mol. The van der Waals surface area contributed by atoms with E-state index in [1.165, 1.54) is 6.42 Å². The zero-order valence-electron chi connectivity index (χ0n) is 19.4. The van der Waals surface area contributed by atoms with Gasteiger partial charge >= 0.3 is 12.0 Å². The van der Waals surface area contributed by atoms with Crippen molar-refractivity contribution in [2.24, 2.45) is 0 Å². The molecule has 9 nitrogen and oxygen atoms in total. The summed E-state index contributed by atoms with van der Waals surface area (Å²) in [5.41, 5.74) is 2.25. The summed E-state index contributed by atoms with van der Waals surface area (Å²) in [5.74, 6) is -1.37. The van der Waals surface area contributed by atoms with Gasteiger partial charge in [0.05, 0.1) is 22.8 Å². The maximum atomic E-state index is 13.0. The molecule has 34 heavy (non-hydrogen) atoms. The van der Waals surface area contributed by atoms with Gasteiger partial charge in [0.1, 0.15) is 0 Å². The Kier molecular flexibility index (Phi) is 7.20. The minimum Gasteiger partial charge on any atom is -0.452 e. The molecule has 0 spiro atoms. The van der Waals surface area contributed by atoms with Gasteiger partial charge in [-0.2, -0.15) is 5.10 Å². The van der Waals surface area contributed by atoms with Crippen LogP contribution in [0.25, 0.3) is 22.3 Å². The molecule has 9 heteroatoms. The summed E-state index contributed by atoms with van der Waals surface area (Å²) in [4.78, 5) is 42.0. The maximum Gasteiger partial charge on any atom is 0.339 e. The number of hydrogen-bond acceptors (Lipinski definition) is 6. The van der Waals surface area contributed by atoms with Gasteiger partial charge in [-0.25, -0.2) is 19.3 Å². The molecule has 1 aliphatic rings. The molecule has 0 atom stereocenters. The Morgan fingerprint density at radius 3 is 2.56 bits per heavy atom. The summed E-state index contributed by atoms with van der Waals surface area (Å²) in [5, 5.41) is 9.95. The summed E-state index contributed by atoms with van der Waals surface area (Å²) < 4.78 is 6.99. The highest BCUT2D eigenvalue weighted by molar-refractivity contribution is 6.04. The van der Waals surface area contributed by atoms with E-state index in [-0.39, 0.29) is 17.6 Å². The number of hydrogen-bond donors (Lipinski definition) is 2. The summed E-state index contributed by atoms with van der Waals surface area (Å²) in [6.45, 7) is 3.38. The van der Waals surface area contributed by atoms with Gasteiger partial charge in [0.15, 0.2) is 12.3 Å². The fourth-order valence-corrected chi connectivity index (χ4v) is 4.16. The number of fused-ring (bicyclic) bond motifs is 1. The highest BCUT2D eigenvalue weighted by Gasteiger charge is 2.21. The van der Waals surface area contributed by atoms with Gasteiger partial charge in [-0.1, -0.05) is 49.6 Å². The number of amides is 3. The van der Waals surface area contributed by atoms with E-state index in [1.54, 1.807) is 16.9 Å². The van der Waals surface area contributed by atoms with Crippen LogP contribution in [0.2, 0.25) is 0 Å². The number of carbonyl (C=O) groups excluding carboxylic acids is 3. The summed E-state index contributed by atoms with van der Waals surface area (Å²) in [6.07, 6.45) is 6.68. The lowest BCUT2D eigenvalue weighted by molar-refractivity contribution is -0.123. The van der Waals surface area contributed by atoms with Gasteiger partial charge in [-0.05, 0) is 32.8 Å². The first-order valence-electron chi connectivity index (χ1n) is 11.6. The molecule has 178 valence electrons. The molecule has 0 aliphatic heterocycles. The number of nitrogens with one attached hydrogen (secondary N) is 2. The lowest BCUT2D eigenvalue weighted by Crippen LogP contribution is -2.46. The quantitative estimate of drug-likeness (QED) is 0.534. The van der Waals surface area contributed by atoms with Crippen molar-refractivity contribution in [3.05, 3.63) is 48.2 Å². The lowest BCUT2D eigenvalue weighted by atomic mass is 9.96. The number of aromatic nitrogens is 3. The summed E-state index contributed by atoms with van der Waals surface area (Å²) in [7, 11) is 0. The number of urea groups is 1. The van der Waals surface area contributed by atoms with Crippen LogP contribution < -0.4 is 10.6 Å². The first kappa shape index (κ1) is 23.4. The Labute approximate surface area is 197 Å². The van der Waals surface area contributed by atoms with Crippen LogP contribution in [0.5, 0.6) is 0 Å². The van der Waals surface area contributed by atoms with Gasteiger partial charge in [-0.3, -0.25) is 10.1 Å². The van der Waals surface area contributed by atoms with Crippen molar-refractivity contribution in [3.63, 3.8) is 0 Å². The zero-order chi connectivity index (χ0) is 24.1. The highest BCUT2D eigenvalue weighted by Crippen LogP contribution is 2.26. The third kappa shape index (κ3) is 5.41. The first-order chi connectivity index (χ1) is 16.4. The maximum absolute atomic E-state index is 13.0. The molecular weight excluding hydrogens is 434 g/mol. The predicted octanol–water partition coefficient (Wildman–Crippen LogP) is 3.99. The van der Waals surface area contributed by atoms with Crippen LogP contribution in [0.3, 0.4) is 0 Å². The van der Waals surface area contributed by atoms with Gasteiger partial charge in [0.2, 0.25) is 0 Å². The molecule has 0 unspecified atom stereocenters. The van der Waals surface area contributed by atoms with Crippen LogP contribution in [0, 0.1) is 0 Å². The van der Waals surface area contributed by atoms with Crippen molar-refractivity contribution in [3.8, 4) is 11.3 Å². The molecule has 2 heterocycles. The molecule has 1 fully saturated rings. The molecule has 2 N–H and O–H groups in total. The van der Waals surface area contributed by atoms with Crippen LogP contribution in [0.15, 0.2) is 42.6 Å². The van der Waals surface area contributed by atoms with Crippen LogP contribution in [-0.2, 0) is 9.53 Å². The van der Waals surface area contributed by atoms with Gasteiger partial charge in [-0.15, -0.1) is 0 Å². The average Bonchev–Trinajstić information content (AvgIpc) is 3.27. The zero-order valence-corrected chi connectivity index (χ0v) is 19.4. The molecule has 2 aromatic heterocycles. The Bertz CT molecular complexity index is 1180. The van der Waals surface area contributed by atoms with E-state index in [0.717, 1.165) is 31.2 Å². The van der Waals surface area contributed by atoms with Crippen LogP contribution in [0.4, 0.5) is 4.79 Å². The number of imide groups is 1. The number of benzene rings is 1. The van der Waals surface area contributed by atoms with E-state index in [9.17, 15) is 14.4 Å². The van der Waals surface area contributed by atoms with Crippen molar-refractivity contribution >= 4 is 28.9 Å². The molecular formula is C25H29N5O4. The van der Waals surface area contributed by atoms with Crippen LogP contribution in [0.1, 0.15) is 62.4 Å². The van der Waals surface area contributed by atoms with E-state index in [4.69, 9.17) is 9.72 Å². The van der Waals surface area contributed by atoms with E-state index >= 15 is 0 Å². The number of esters is 1.